The zero-order valence-corrected chi connectivity index (χ0v) is 11.6. The van der Waals surface area contributed by atoms with Crippen molar-refractivity contribution in [3.8, 4) is 6.07 Å². The Morgan fingerprint density at radius 1 is 1.25 bits per heavy atom. The van der Waals surface area contributed by atoms with E-state index in [0.29, 0.717) is 11.6 Å². The predicted octanol–water partition coefficient (Wildman–Crippen LogP) is 2.70. The van der Waals surface area contributed by atoms with Crippen molar-refractivity contribution in [3.63, 3.8) is 0 Å². The van der Waals surface area contributed by atoms with Crippen LogP contribution in [0.1, 0.15) is 31.2 Å². The van der Waals surface area contributed by atoms with E-state index < -0.39 is 0 Å². The van der Waals surface area contributed by atoms with E-state index >= 15 is 0 Å². The average molecular weight is 272 g/mol. The molecule has 20 heavy (non-hydrogen) atoms. The van der Waals surface area contributed by atoms with E-state index in [4.69, 9.17) is 14.7 Å². The van der Waals surface area contributed by atoms with Crippen molar-refractivity contribution >= 4 is 5.69 Å². The number of nitrogens with one attached hydrogen (secondary N) is 1. The van der Waals surface area contributed by atoms with Gasteiger partial charge in [0.15, 0.2) is 0 Å². The van der Waals surface area contributed by atoms with E-state index in [2.05, 4.69) is 11.4 Å². The molecule has 1 spiro atoms. The number of nitrogens with zero attached hydrogens (tertiary/aromatic N) is 1. The van der Waals surface area contributed by atoms with Crippen LogP contribution < -0.4 is 5.32 Å². The van der Waals surface area contributed by atoms with Crippen LogP contribution >= 0.6 is 0 Å². The molecule has 2 aliphatic heterocycles. The molecule has 0 amide bonds. The van der Waals surface area contributed by atoms with Crippen molar-refractivity contribution in [2.75, 3.05) is 25.1 Å². The first kappa shape index (κ1) is 13.4. The Kier molecular flexibility index (Phi) is 3.90. The molecule has 4 heteroatoms. The van der Waals surface area contributed by atoms with Crippen molar-refractivity contribution in [1.29, 1.82) is 5.26 Å². The summed E-state index contributed by atoms with van der Waals surface area (Å²) >= 11 is 0. The summed E-state index contributed by atoms with van der Waals surface area (Å²) in [5.74, 6) is 0. The lowest BCUT2D eigenvalue weighted by atomic mass is 9.84. The van der Waals surface area contributed by atoms with Crippen LogP contribution in [0.4, 0.5) is 5.69 Å². The minimum atomic E-state index is 0.000998. The lowest BCUT2D eigenvalue weighted by Gasteiger charge is -2.43. The van der Waals surface area contributed by atoms with E-state index in [1.54, 1.807) is 0 Å². The molecule has 3 rings (SSSR count). The summed E-state index contributed by atoms with van der Waals surface area (Å²) in [6, 6.07) is 10.3. The molecule has 4 nitrogen and oxygen atoms in total. The first-order valence-electron chi connectivity index (χ1n) is 7.28. The first-order valence-corrected chi connectivity index (χ1v) is 7.28. The molecule has 1 aromatic rings. The summed E-state index contributed by atoms with van der Waals surface area (Å²) in [5, 5.41) is 12.5. The maximum atomic E-state index is 8.95. The molecule has 0 aliphatic carbocycles. The number of rotatable bonds is 2. The average Bonchev–Trinajstić information content (AvgIpc) is 2.48. The van der Waals surface area contributed by atoms with Gasteiger partial charge in [-0.05, 0) is 43.9 Å². The molecule has 1 N–H and O–H groups in total. The lowest BCUT2D eigenvalue weighted by molar-refractivity contribution is -0.135. The summed E-state index contributed by atoms with van der Waals surface area (Å²) in [6.45, 7) is 2.41. The Bertz CT molecular complexity index is 498. The van der Waals surface area contributed by atoms with Crippen LogP contribution in [-0.2, 0) is 9.47 Å². The second kappa shape index (κ2) is 5.82. The Morgan fingerprint density at radius 3 is 2.90 bits per heavy atom. The van der Waals surface area contributed by atoms with Crippen molar-refractivity contribution in [1.82, 2.24) is 0 Å². The van der Waals surface area contributed by atoms with Crippen molar-refractivity contribution in [3.05, 3.63) is 29.8 Å². The Labute approximate surface area is 119 Å². The minimum Gasteiger partial charge on any atom is -0.382 e. The first-order chi connectivity index (χ1) is 9.80. The Morgan fingerprint density at radius 2 is 2.10 bits per heavy atom. The molecule has 2 heterocycles. The molecule has 1 aromatic carbocycles. The number of anilines is 1. The second-order valence-electron chi connectivity index (χ2n) is 5.67. The minimum absolute atomic E-state index is 0.000998. The molecule has 2 aliphatic rings. The maximum Gasteiger partial charge on any atom is 0.0992 e. The van der Waals surface area contributed by atoms with Crippen LogP contribution in [0.2, 0.25) is 0 Å². The fourth-order valence-electron chi connectivity index (χ4n) is 3.16. The molecule has 0 radical (unpaired) electrons. The Balaban J connectivity index is 1.66. The van der Waals surface area contributed by atoms with Gasteiger partial charge < -0.3 is 14.8 Å². The van der Waals surface area contributed by atoms with Crippen LogP contribution in [0, 0.1) is 11.3 Å². The summed E-state index contributed by atoms with van der Waals surface area (Å²) in [7, 11) is 0. The topological polar surface area (TPSA) is 54.3 Å². The van der Waals surface area contributed by atoms with Gasteiger partial charge in [-0.1, -0.05) is 6.07 Å². The van der Waals surface area contributed by atoms with Crippen molar-refractivity contribution in [2.45, 2.75) is 37.3 Å². The van der Waals surface area contributed by atoms with Crippen molar-refractivity contribution in [2.24, 2.45) is 0 Å². The highest BCUT2D eigenvalue weighted by Crippen LogP contribution is 2.35. The van der Waals surface area contributed by atoms with E-state index in [-0.39, 0.29) is 5.60 Å². The standard InChI is InChI=1S/C16H20N2O2/c17-12-13-2-1-3-14(10-13)18-15-4-7-20-16(11-15)5-8-19-9-6-16/h1-3,10,15,18H,4-9,11H2. The van der Waals surface area contributed by atoms with Gasteiger partial charge in [0.1, 0.15) is 0 Å². The van der Waals surface area contributed by atoms with Crippen LogP contribution in [0.5, 0.6) is 0 Å². The quantitative estimate of drug-likeness (QED) is 0.899. The summed E-state index contributed by atoms with van der Waals surface area (Å²) in [4.78, 5) is 0. The van der Waals surface area contributed by atoms with E-state index in [1.165, 1.54) is 0 Å². The lowest BCUT2D eigenvalue weighted by Crippen LogP contribution is -2.47. The van der Waals surface area contributed by atoms with Crippen molar-refractivity contribution < 1.29 is 9.47 Å². The van der Waals surface area contributed by atoms with Crippen LogP contribution in [0.15, 0.2) is 24.3 Å². The van der Waals surface area contributed by atoms with Gasteiger partial charge in [0, 0.05) is 31.5 Å². The zero-order valence-electron chi connectivity index (χ0n) is 11.6. The zero-order chi connectivity index (χ0) is 13.8. The number of hydrogen-bond acceptors (Lipinski definition) is 4. The van der Waals surface area contributed by atoms with E-state index in [0.717, 1.165) is 51.2 Å². The van der Waals surface area contributed by atoms with Gasteiger partial charge in [0.25, 0.3) is 0 Å². The predicted molar refractivity (Wildman–Crippen MR) is 76.5 cm³/mol. The fourth-order valence-corrected chi connectivity index (χ4v) is 3.16. The highest BCUT2D eigenvalue weighted by molar-refractivity contribution is 5.49. The number of hydrogen-bond donors (Lipinski definition) is 1. The molecule has 2 saturated heterocycles. The molecule has 0 saturated carbocycles. The van der Waals surface area contributed by atoms with E-state index in [9.17, 15) is 0 Å². The normalized spacial score (nSPS) is 25.1. The van der Waals surface area contributed by atoms with E-state index in [1.807, 2.05) is 24.3 Å². The largest absolute Gasteiger partial charge is 0.382 e. The van der Waals surface area contributed by atoms with Gasteiger partial charge >= 0.3 is 0 Å². The second-order valence-corrected chi connectivity index (χ2v) is 5.67. The summed E-state index contributed by atoms with van der Waals surface area (Å²) in [5.41, 5.74) is 1.72. The summed E-state index contributed by atoms with van der Waals surface area (Å²) < 4.78 is 11.5. The Hall–Kier alpha value is -1.57. The van der Waals surface area contributed by atoms with Gasteiger partial charge in [-0.15, -0.1) is 0 Å². The summed E-state index contributed by atoms with van der Waals surface area (Å²) in [6.07, 6.45) is 4.01. The van der Waals surface area contributed by atoms with Gasteiger partial charge in [0.2, 0.25) is 0 Å². The molecule has 0 aromatic heterocycles. The molecule has 1 unspecified atom stereocenters. The van der Waals surface area contributed by atoms with Crippen LogP contribution in [-0.4, -0.2) is 31.5 Å². The third-order valence-corrected chi connectivity index (χ3v) is 4.26. The SMILES string of the molecule is N#Cc1cccc(NC2CCOC3(CCOCC3)C2)c1. The highest BCUT2D eigenvalue weighted by Gasteiger charge is 2.38. The molecular formula is C16H20N2O2. The third kappa shape index (κ3) is 2.95. The number of ether oxygens (including phenoxy) is 2. The smallest absolute Gasteiger partial charge is 0.0992 e. The fraction of sp³-hybridized carbons (Fsp3) is 0.562. The molecular weight excluding hydrogens is 252 g/mol. The van der Waals surface area contributed by atoms with Gasteiger partial charge in [-0.25, -0.2) is 0 Å². The van der Waals surface area contributed by atoms with Crippen LogP contribution in [0.3, 0.4) is 0 Å². The van der Waals surface area contributed by atoms with Gasteiger partial charge in [0.05, 0.1) is 17.2 Å². The molecule has 0 bridgehead atoms. The van der Waals surface area contributed by atoms with Gasteiger partial charge in [-0.2, -0.15) is 5.26 Å². The third-order valence-electron chi connectivity index (χ3n) is 4.26. The molecule has 2 fully saturated rings. The maximum absolute atomic E-state index is 8.95. The molecule has 106 valence electrons. The van der Waals surface area contributed by atoms with Gasteiger partial charge in [-0.3, -0.25) is 0 Å². The number of nitriles is 1. The molecule has 1 atom stereocenters. The highest BCUT2D eigenvalue weighted by atomic mass is 16.5. The monoisotopic (exact) mass is 272 g/mol. The van der Waals surface area contributed by atoms with Crippen LogP contribution in [0.25, 0.3) is 0 Å². The number of benzene rings is 1.